The molecule has 3 atom stereocenters. The lowest BCUT2D eigenvalue weighted by molar-refractivity contribution is 0.153. The summed E-state index contributed by atoms with van der Waals surface area (Å²) in [5, 5.41) is 3.81. The molecule has 0 aromatic heterocycles. The molecule has 0 aromatic rings. The lowest BCUT2D eigenvalue weighted by atomic mass is 9.71. The van der Waals surface area contributed by atoms with Crippen molar-refractivity contribution in [1.82, 2.24) is 5.32 Å². The van der Waals surface area contributed by atoms with Crippen LogP contribution in [-0.4, -0.2) is 12.6 Å². The van der Waals surface area contributed by atoms with Crippen LogP contribution in [-0.2, 0) is 0 Å². The SMILES string of the molecule is C1=CC2C(C1)CC2NCC1CCCCC1. The molecule has 0 aromatic carbocycles. The molecule has 2 saturated carbocycles. The molecule has 1 N–H and O–H groups in total. The minimum absolute atomic E-state index is 0.829. The van der Waals surface area contributed by atoms with Gasteiger partial charge >= 0.3 is 0 Å². The fourth-order valence-electron chi connectivity index (χ4n) is 3.66. The molecule has 1 heteroatoms. The van der Waals surface area contributed by atoms with Gasteiger partial charge in [0.2, 0.25) is 0 Å². The molecule has 1 nitrogen and oxygen atoms in total. The second kappa shape index (κ2) is 4.29. The zero-order chi connectivity index (χ0) is 10.1. The monoisotopic (exact) mass is 205 g/mol. The van der Waals surface area contributed by atoms with Crippen LogP contribution in [0.5, 0.6) is 0 Å². The first-order valence-corrected chi connectivity index (χ1v) is 6.83. The molecular weight excluding hydrogens is 182 g/mol. The third-order valence-corrected chi connectivity index (χ3v) is 4.76. The zero-order valence-corrected chi connectivity index (χ0v) is 9.62. The quantitative estimate of drug-likeness (QED) is 0.698. The van der Waals surface area contributed by atoms with Gasteiger partial charge in [0.25, 0.3) is 0 Å². The van der Waals surface area contributed by atoms with E-state index in [9.17, 15) is 0 Å². The summed E-state index contributed by atoms with van der Waals surface area (Å²) in [5.41, 5.74) is 0. The third-order valence-electron chi connectivity index (χ3n) is 4.76. The van der Waals surface area contributed by atoms with E-state index in [4.69, 9.17) is 0 Å². The van der Waals surface area contributed by atoms with Crippen LogP contribution in [0, 0.1) is 17.8 Å². The van der Waals surface area contributed by atoms with Gasteiger partial charge in [-0.25, -0.2) is 0 Å². The van der Waals surface area contributed by atoms with E-state index < -0.39 is 0 Å². The normalized spacial score (nSPS) is 40.1. The molecule has 3 aliphatic carbocycles. The van der Waals surface area contributed by atoms with Crippen molar-refractivity contribution < 1.29 is 0 Å². The molecule has 3 rings (SSSR count). The number of hydrogen-bond donors (Lipinski definition) is 1. The van der Waals surface area contributed by atoms with E-state index in [-0.39, 0.29) is 0 Å². The third kappa shape index (κ3) is 1.99. The first-order chi connectivity index (χ1) is 7.43. The molecule has 15 heavy (non-hydrogen) atoms. The molecule has 0 spiro atoms. The minimum atomic E-state index is 0.829. The standard InChI is InChI=1S/C14H23N/c1-2-5-11(6-3-1)10-15-14-9-12-7-4-8-13(12)14/h4,8,11-15H,1-3,5-7,9-10H2. The second-order valence-electron chi connectivity index (χ2n) is 5.76. The number of fused-ring (bicyclic) bond motifs is 1. The molecule has 0 heterocycles. The van der Waals surface area contributed by atoms with Gasteiger partial charge < -0.3 is 5.32 Å². The van der Waals surface area contributed by atoms with Crippen LogP contribution in [0.1, 0.15) is 44.9 Å². The average molecular weight is 205 g/mol. The summed E-state index contributed by atoms with van der Waals surface area (Å²) < 4.78 is 0. The Balaban J connectivity index is 1.41. The van der Waals surface area contributed by atoms with Gasteiger partial charge in [0, 0.05) is 6.04 Å². The lowest BCUT2D eigenvalue weighted by Gasteiger charge is -2.41. The number of nitrogens with one attached hydrogen (secondary N) is 1. The van der Waals surface area contributed by atoms with Crippen LogP contribution in [0.3, 0.4) is 0 Å². The van der Waals surface area contributed by atoms with Gasteiger partial charge in [-0.05, 0) is 50.0 Å². The van der Waals surface area contributed by atoms with Crippen molar-refractivity contribution >= 4 is 0 Å². The molecule has 0 radical (unpaired) electrons. The van der Waals surface area contributed by atoms with Gasteiger partial charge in [0.15, 0.2) is 0 Å². The molecule has 0 amide bonds. The Morgan fingerprint density at radius 2 is 2.00 bits per heavy atom. The van der Waals surface area contributed by atoms with E-state index in [1.54, 1.807) is 0 Å². The Kier molecular flexibility index (Phi) is 2.83. The highest BCUT2D eigenvalue weighted by atomic mass is 14.9. The van der Waals surface area contributed by atoms with Crippen molar-refractivity contribution in [3.63, 3.8) is 0 Å². The molecule has 3 unspecified atom stereocenters. The summed E-state index contributed by atoms with van der Waals surface area (Å²) in [5.74, 6) is 2.89. The number of rotatable bonds is 3. The smallest absolute Gasteiger partial charge is 0.0136 e. The van der Waals surface area contributed by atoms with Gasteiger partial charge in [-0.1, -0.05) is 31.4 Å². The topological polar surface area (TPSA) is 12.0 Å². The zero-order valence-electron chi connectivity index (χ0n) is 9.62. The Morgan fingerprint density at radius 1 is 1.13 bits per heavy atom. The Hall–Kier alpha value is -0.300. The maximum atomic E-state index is 3.81. The van der Waals surface area contributed by atoms with E-state index >= 15 is 0 Å². The van der Waals surface area contributed by atoms with Gasteiger partial charge in [-0.3, -0.25) is 0 Å². The summed E-state index contributed by atoms with van der Waals surface area (Å²) >= 11 is 0. The summed E-state index contributed by atoms with van der Waals surface area (Å²) in [4.78, 5) is 0. The first-order valence-electron chi connectivity index (χ1n) is 6.83. The Bertz CT molecular complexity index is 240. The maximum absolute atomic E-state index is 3.81. The summed E-state index contributed by atoms with van der Waals surface area (Å²) in [6.45, 7) is 1.29. The maximum Gasteiger partial charge on any atom is 0.0136 e. The van der Waals surface area contributed by atoms with E-state index in [0.29, 0.717) is 0 Å². The highest BCUT2D eigenvalue weighted by Crippen LogP contribution is 2.42. The minimum Gasteiger partial charge on any atom is -0.313 e. The highest BCUT2D eigenvalue weighted by Gasteiger charge is 2.40. The molecular formula is C14H23N. The molecule has 0 bridgehead atoms. The molecule has 0 aliphatic heterocycles. The van der Waals surface area contributed by atoms with Crippen LogP contribution in [0.4, 0.5) is 0 Å². The summed E-state index contributed by atoms with van der Waals surface area (Å²) in [6.07, 6.45) is 15.0. The Labute approximate surface area is 93.3 Å². The second-order valence-corrected chi connectivity index (χ2v) is 5.76. The average Bonchev–Trinajstić information content (AvgIpc) is 2.62. The van der Waals surface area contributed by atoms with Crippen molar-refractivity contribution in [2.75, 3.05) is 6.54 Å². The van der Waals surface area contributed by atoms with Crippen LogP contribution in [0.2, 0.25) is 0 Å². The van der Waals surface area contributed by atoms with Crippen LogP contribution in [0.25, 0.3) is 0 Å². The molecule has 0 saturated heterocycles. The first kappa shape index (κ1) is 9.89. The van der Waals surface area contributed by atoms with E-state index in [2.05, 4.69) is 17.5 Å². The largest absolute Gasteiger partial charge is 0.313 e. The van der Waals surface area contributed by atoms with Gasteiger partial charge in [0.1, 0.15) is 0 Å². The van der Waals surface area contributed by atoms with E-state index in [1.165, 1.54) is 51.5 Å². The van der Waals surface area contributed by atoms with Crippen molar-refractivity contribution in [3.8, 4) is 0 Å². The highest BCUT2D eigenvalue weighted by molar-refractivity contribution is 5.12. The van der Waals surface area contributed by atoms with Gasteiger partial charge in [-0.2, -0.15) is 0 Å². The van der Waals surface area contributed by atoms with Crippen molar-refractivity contribution in [2.24, 2.45) is 17.8 Å². The predicted octanol–water partition coefficient (Wildman–Crippen LogP) is 3.12. The number of allylic oxidation sites excluding steroid dienone is 1. The van der Waals surface area contributed by atoms with Gasteiger partial charge in [0.05, 0.1) is 0 Å². The van der Waals surface area contributed by atoms with Crippen LogP contribution >= 0.6 is 0 Å². The van der Waals surface area contributed by atoms with Crippen molar-refractivity contribution in [2.45, 2.75) is 51.0 Å². The molecule has 84 valence electrons. The van der Waals surface area contributed by atoms with Gasteiger partial charge in [-0.15, -0.1) is 0 Å². The molecule has 3 aliphatic rings. The lowest BCUT2D eigenvalue weighted by Crippen LogP contribution is -2.49. The van der Waals surface area contributed by atoms with Crippen molar-refractivity contribution in [3.05, 3.63) is 12.2 Å². The predicted molar refractivity (Wildman–Crippen MR) is 63.7 cm³/mol. The van der Waals surface area contributed by atoms with E-state index in [1.807, 2.05) is 0 Å². The Morgan fingerprint density at radius 3 is 2.80 bits per heavy atom. The molecule has 2 fully saturated rings. The van der Waals surface area contributed by atoms with Crippen molar-refractivity contribution in [1.29, 1.82) is 0 Å². The van der Waals surface area contributed by atoms with E-state index in [0.717, 1.165) is 23.8 Å². The summed E-state index contributed by atoms with van der Waals surface area (Å²) in [6, 6.07) is 0.829. The fourth-order valence-corrected chi connectivity index (χ4v) is 3.66. The summed E-state index contributed by atoms with van der Waals surface area (Å²) in [7, 11) is 0. The van der Waals surface area contributed by atoms with Crippen LogP contribution < -0.4 is 5.32 Å². The fraction of sp³-hybridized carbons (Fsp3) is 0.857. The van der Waals surface area contributed by atoms with Crippen LogP contribution in [0.15, 0.2) is 12.2 Å². The number of hydrogen-bond acceptors (Lipinski definition) is 1.